The van der Waals surface area contributed by atoms with E-state index in [1.54, 1.807) is 0 Å². The van der Waals surface area contributed by atoms with E-state index in [4.69, 9.17) is 4.74 Å². The van der Waals surface area contributed by atoms with Crippen molar-refractivity contribution in [3.63, 3.8) is 0 Å². The zero-order chi connectivity index (χ0) is 19.5. The Bertz CT molecular complexity index is 1070. The molecule has 0 aromatic heterocycles. The van der Waals surface area contributed by atoms with Gasteiger partial charge in [-0.3, -0.25) is 14.8 Å². The Balaban J connectivity index is 1.61. The van der Waals surface area contributed by atoms with Crippen LogP contribution in [-0.4, -0.2) is 16.0 Å². The van der Waals surface area contributed by atoms with Gasteiger partial charge in [-0.1, -0.05) is 30.3 Å². The summed E-state index contributed by atoms with van der Waals surface area (Å²) in [7, 11) is 0. The first-order valence-corrected chi connectivity index (χ1v) is 9.04. The molecule has 0 saturated heterocycles. The molecule has 140 valence electrons. The van der Waals surface area contributed by atoms with Gasteiger partial charge in [0.15, 0.2) is 5.75 Å². The molecule has 4 rings (SSSR count). The summed E-state index contributed by atoms with van der Waals surface area (Å²) in [5, 5.41) is 24.2. The maximum atomic E-state index is 10.9. The largest absolute Gasteiger partial charge is 0.505 e. The molecular formula is C19H14N4O4S. The summed E-state index contributed by atoms with van der Waals surface area (Å²) < 4.78 is 8.88. The van der Waals surface area contributed by atoms with Gasteiger partial charge in [-0.25, -0.2) is 4.99 Å². The minimum atomic E-state index is -0.560. The van der Waals surface area contributed by atoms with Crippen molar-refractivity contribution in [3.8, 4) is 17.2 Å². The Labute approximate surface area is 164 Å². The first kappa shape index (κ1) is 17.7. The van der Waals surface area contributed by atoms with Crippen LogP contribution < -0.4 is 14.8 Å². The van der Waals surface area contributed by atoms with Gasteiger partial charge in [0, 0.05) is 6.07 Å². The van der Waals surface area contributed by atoms with E-state index in [0.29, 0.717) is 28.0 Å². The summed E-state index contributed by atoms with van der Waals surface area (Å²) in [5.41, 5.74) is 0.736. The van der Waals surface area contributed by atoms with Crippen LogP contribution in [0.2, 0.25) is 0 Å². The van der Waals surface area contributed by atoms with Gasteiger partial charge in [0.1, 0.15) is 17.2 Å². The molecule has 8 nitrogen and oxygen atoms in total. The van der Waals surface area contributed by atoms with E-state index < -0.39 is 4.92 Å². The maximum Gasteiger partial charge on any atom is 0.274 e. The predicted octanol–water partition coefficient (Wildman–Crippen LogP) is 4.80. The van der Waals surface area contributed by atoms with Crippen molar-refractivity contribution < 1.29 is 14.8 Å². The molecule has 0 fully saturated rings. The number of phenols is 1. The number of nitrogens with zero attached hydrogens (tertiary/aromatic N) is 2. The molecule has 1 aliphatic heterocycles. The third-order valence-electron chi connectivity index (χ3n) is 3.84. The molecule has 1 heterocycles. The second-order valence-corrected chi connectivity index (χ2v) is 6.62. The van der Waals surface area contributed by atoms with E-state index in [0.717, 1.165) is 18.0 Å². The fourth-order valence-corrected chi connectivity index (χ4v) is 3.30. The molecule has 0 radical (unpaired) electrons. The van der Waals surface area contributed by atoms with Crippen molar-refractivity contribution in [2.75, 3.05) is 5.32 Å². The number of para-hydroxylation sites is 3. The van der Waals surface area contributed by atoms with Crippen LogP contribution in [-0.2, 0) is 0 Å². The third-order valence-corrected chi connectivity index (χ3v) is 4.67. The summed E-state index contributed by atoms with van der Waals surface area (Å²) in [5.74, 6) is 1.40. The lowest BCUT2D eigenvalue weighted by molar-refractivity contribution is -0.385. The quantitative estimate of drug-likeness (QED) is 0.331. The number of anilines is 1. The second-order valence-electron chi connectivity index (χ2n) is 5.77. The first-order valence-electron chi connectivity index (χ1n) is 8.22. The number of hydrogen-bond donors (Lipinski definition) is 3. The fraction of sp³-hybridized carbons (Fsp3) is 0. The van der Waals surface area contributed by atoms with Gasteiger partial charge < -0.3 is 15.2 Å². The lowest BCUT2D eigenvalue weighted by Crippen LogP contribution is -2.27. The highest BCUT2D eigenvalue weighted by atomic mass is 32.2. The zero-order valence-electron chi connectivity index (χ0n) is 14.3. The van der Waals surface area contributed by atoms with Gasteiger partial charge in [-0.15, -0.1) is 0 Å². The minimum Gasteiger partial charge on any atom is -0.505 e. The SMILES string of the molecule is O=[N+]([O-])c1cc(O)c2c(c1)SNC(Nc1ccccc1Oc1ccccc1)=N2. The molecule has 0 atom stereocenters. The van der Waals surface area contributed by atoms with Crippen LogP contribution in [0, 0.1) is 10.1 Å². The molecule has 28 heavy (non-hydrogen) atoms. The van der Waals surface area contributed by atoms with Crippen molar-refractivity contribution in [2.45, 2.75) is 4.90 Å². The fourth-order valence-electron chi connectivity index (χ4n) is 2.57. The van der Waals surface area contributed by atoms with E-state index in [1.807, 2.05) is 54.6 Å². The van der Waals surface area contributed by atoms with Crippen molar-refractivity contribution in [3.05, 3.63) is 76.8 Å². The minimum absolute atomic E-state index is 0.196. The van der Waals surface area contributed by atoms with Crippen molar-refractivity contribution in [2.24, 2.45) is 4.99 Å². The molecule has 0 aliphatic carbocycles. The first-order chi connectivity index (χ1) is 13.6. The molecule has 3 aromatic rings. The molecule has 9 heteroatoms. The molecule has 0 bridgehead atoms. The molecular weight excluding hydrogens is 380 g/mol. The number of nitro benzene ring substituents is 1. The second kappa shape index (κ2) is 7.49. The highest BCUT2D eigenvalue weighted by Gasteiger charge is 2.21. The third kappa shape index (κ3) is 3.69. The van der Waals surface area contributed by atoms with Crippen LogP contribution >= 0.6 is 11.9 Å². The number of non-ortho nitro benzene ring substituents is 1. The average Bonchev–Trinajstić information content (AvgIpc) is 2.70. The summed E-state index contributed by atoms with van der Waals surface area (Å²) >= 11 is 1.12. The number of ether oxygens (including phenoxy) is 1. The molecule has 1 aliphatic rings. The number of rotatable bonds is 4. The van der Waals surface area contributed by atoms with Gasteiger partial charge in [0.05, 0.1) is 21.6 Å². The summed E-state index contributed by atoms with van der Waals surface area (Å²) in [6, 6.07) is 19.2. The number of aliphatic imine (C=N–C) groups is 1. The number of nitrogens with one attached hydrogen (secondary N) is 2. The van der Waals surface area contributed by atoms with Gasteiger partial charge in [0.25, 0.3) is 5.69 Å². The highest BCUT2D eigenvalue weighted by Crippen LogP contribution is 2.42. The number of benzene rings is 3. The molecule has 0 spiro atoms. The lowest BCUT2D eigenvalue weighted by atomic mass is 10.2. The number of aromatic hydroxyl groups is 1. The van der Waals surface area contributed by atoms with E-state index in [-0.39, 0.29) is 17.1 Å². The molecule has 0 amide bonds. The van der Waals surface area contributed by atoms with Crippen molar-refractivity contribution in [1.29, 1.82) is 0 Å². The lowest BCUT2D eigenvalue weighted by Gasteiger charge is -2.19. The standard InChI is InChI=1S/C19H14N4O4S/c24-15-10-12(23(25)26)11-17-18(15)21-19(22-28-17)20-14-8-4-5-9-16(14)27-13-6-2-1-3-7-13/h1-11,24H,(H2,20,21,22). The Morgan fingerprint density at radius 2 is 1.86 bits per heavy atom. The Hall–Kier alpha value is -3.72. The highest BCUT2D eigenvalue weighted by molar-refractivity contribution is 7.98. The van der Waals surface area contributed by atoms with E-state index in [1.165, 1.54) is 6.07 Å². The van der Waals surface area contributed by atoms with Gasteiger partial charge in [-0.05, 0) is 36.2 Å². The molecule has 3 aromatic carbocycles. The number of guanidine groups is 1. The summed E-state index contributed by atoms with van der Waals surface area (Å²) in [6.07, 6.45) is 0. The van der Waals surface area contributed by atoms with Crippen LogP contribution in [0.25, 0.3) is 0 Å². The Morgan fingerprint density at radius 1 is 1.11 bits per heavy atom. The Morgan fingerprint density at radius 3 is 2.64 bits per heavy atom. The smallest absolute Gasteiger partial charge is 0.274 e. The number of nitro groups is 1. The summed E-state index contributed by atoms with van der Waals surface area (Å²) in [6.45, 7) is 0. The van der Waals surface area contributed by atoms with Crippen molar-refractivity contribution in [1.82, 2.24) is 4.72 Å². The zero-order valence-corrected chi connectivity index (χ0v) is 15.1. The maximum absolute atomic E-state index is 10.9. The molecule has 0 unspecified atom stereocenters. The van der Waals surface area contributed by atoms with Gasteiger partial charge >= 0.3 is 0 Å². The summed E-state index contributed by atoms with van der Waals surface area (Å²) in [4.78, 5) is 15.2. The van der Waals surface area contributed by atoms with Crippen LogP contribution in [0.5, 0.6) is 17.2 Å². The monoisotopic (exact) mass is 394 g/mol. The molecule has 3 N–H and O–H groups in total. The number of phenolic OH excluding ortho intramolecular Hbond substituents is 1. The van der Waals surface area contributed by atoms with E-state index in [9.17, 15) is 15.2 Å². The van der Waals surface area contributed by atoms with Gasteiger partial charge in [-0.2, -0.15) is 0 Å². The number of hydrogen-bond acceptors (Lipinski definition) is 8. The predicted molar refractivity (Wildman–Crippen MR) is 107 cm³/mol. The van der Waals surface area contributed by atoms with E-state index in [2.05, 4.69) is 15.0 Å². The topological polar surface area (TPSA) is 109 Å². The number of fused-ring (bicyclic) bond motifs is 1. The van der Waals surface area contributed by atoms with Crippen LogP contribution in [0.15, 0.2) is 76.6 Å². The normalized spacial score (nSPS) is 12.4. The van der Waals surface area contributed by atoms with Crippen LogP contribution in [0.4, 0.5) is 17.1 Å². The van der Waals surface area contributed by atoms with E-state index >= 15 is 0 Å². The van der Waals surface area contributed by atoms with Crippen LogP contribution in [0.1, 0.15) is 0 Å². The average molecular weight is 394 g/mol. The van der Waals surface area contributed by atoms with Gasteiger partial charge in [0.2, 0.25) is 5.96 Å². The van der Waals surface area contributed by atoms with Crippen LogP contribution in [0.3, 0.4) is 0 Å². The van der Waals surface area contributed by atoms with Crippen molar-refractivity contribution >= 4 is 35.0 Å². The molecule has 0 saturated carbocycles. The Kier molecular flexibility index (Phi) is 4.73.